The van der Waals surface area contributed by atoms with Crippen molar-refractivity contribution in [3.63, 3.8) is 0 Å². The Morgan fingerprint density at radius 1 is 1.23 bits per heavy atom. The van der Waals surface area contributed by atoms with E-state index >= 15 is 0 Å². The van der Waals surface area contributed by atoms with Crippen LogP contribution in [-0.2, 0) is 0 Å². The van der Waals surface area contributed by atoms with Crippen molar-refractivity contribution < 1.29 is 4.39 Å². The second-order valence-corrected chi connectivity index (χ2v) is 3.72. The Bertz CT molecular complexity index is 107. The highest BCUT2D eigenvalue weighted by Crippen LogP contribution is 1.96. The molecule has 0 amide bonds. The predicted molar refractivity (Wildman–Crippen MR) is 55.8 cm³/mol. The third-order valence-corrected chi connectivity index (χ3v) is 2.27. The summed E-state index contributed by atoms with van der Waals surface area (Å²) in [5.74, 6) is 0. The van der Waals surface area contributed by atoms with E-state index in [1.165, 1.54) is 6.42 Å². The highest BCUT2D eigenvalue weighted by molar-refractivity contribution is 4.57. The lowest BCUT2D eigenvalue weighted by atomic mass is 10.2. The van der Waals surface area contributed by atoms with E-state index in [4.69, 9.17) is 0 Å². The SMILES string of the molecule is CC(C)N(C)CCCCNCCF. The third kappa shape index (κ3) is 8.19. The Labute approximate surface area is 81.5 Å². The lowest BCUT2D eigenvalue weighted by Crippen LogP contribution is -2.28. The topological polar surface area (TPSA) is 15.3 Å². The van der Waals surface area contributed by atoms with E-state index in [9.17, 15) is 4.39 Å². The molecule has 0 spiro atoms. The molecule has 0 saturated carbocycles. The molecule has 0 atom stereocenters. The van der Waals surface area contributed by atoms with Crippen LogP contribution in [0, 0.1) is 0 Å². The van der Waals surface area contributed by atoms with Crippen LogP contribution < -0.4 is 5.32 Å². The minimum absolute atomic E-state index is 0.258. The summed E-state index contributed by atoms with van der Waals surface area (Å²) in [4.78, 5) is 2.33. The van der Waals surface area contributed by atoms with Gasteiger partial charge in [-0.05, 0) is 46.8 Å². The number of halogens is 1. The van der Waals surface area contributed by atoms with Crippen LogP contribution >= 0.6 is 0 Å². The molecule has 3 heteroatoms. The molecular formula is C10H23FN2. The fourth-order valence-electron chi connectivity index (χ4n) is 1.06. The number of hydrogen-bond acceptors (Lipinski definition) is 2. The minimum atomic E-state index is -0.258. The van der Waals surface area contributed by atoms with Gasteiger partial charge >= 0.3 is 0 Å². The second kappa shape index (κ2) is 8.45. The Kier molecular flexibility index (Phi) is 8.35. The Morgan fingerprint density at radius 3 is 2.46 bits per heavy atom. The number of rotatable bonds is 8. The summed E-state index contributed by atoms with van der Waals surface area (Å²) in [5, 5.41) is 3.04. The molecule has 0 fully saturated rings. The van der Waals surface area contributed by atoms with Crippen LogP contribution in [-0.4, -0.2) is 44.3 Å². The van der Waals surface area contributed by atoms with Gasteiger partial charge in [-0.3, -0.25) is 0 Å². The zero-order valence-corrected chi connectivity index (χ0v) is 9.15. The number of nitrogens with one attached hydrogen (secondary N) is 1. The first-order chi connectivity index (χ1) is 6.18. The maximum atomic E-state index is 11.7. The average molecular weight is 190 g/mol. The van der Waals surface area contributed by atoms with Crippen molar-refractivity contribution >= 4 is 0 Å². The molecule has 0 aliphatic heterocycles. The van der Waals surface area contributed by atoms with Crippen LogP contribution in [0.3, 0.4) is 0 Å². The zero-order valence-electron chi connectivity index (χ0n) is 9.15. The largest absolute Gasteiger partial charge is 0.314 e. The smallest absolute Gasteiger partial charge is 0.102 e. The zero-order chi connectivity index (χ0) is 10.1. The van der Waals surface area contributed by atoms with Crippen LogP contribution in [0.25, 0.3) is 0 Å². The van der Waals surface area contributed by atoms with Crippen LogP contribution in [0.1, 0.15) is 26.7 Å². The second-order valence-electron chi connectivity index (χ2n) is 3.72. The van der Waals surface area contributed by atoms with Crippen molar-refractivity contribution in [2.24, 2.45) is 0 Å². The third-order valence-electron chi connectivity index (χ3n) is 2.27. The standard InChI is InChI=1S/C10H23FN2/c1-10(2)13(3)9-5-4-7-12-8-6-11/h10,12H,4-9H2,1-3H3. The van der Waals surface area contributed by atoms with Crippen molar-refractivity contribution in [3.8, 4) is 0 Å². The molecule has 0 rings (SSSR count). The maximum absolute atomic E-state index is 11.7. The van der Waals surface area contributed by atoms with Gasteiger partial charge in [0.15, 0.2) is 0 Å². The monoisotopic (exact) mass is 190 g/mol. The fourth-order valence-corrected chi connectivity index (χ4v) is 1.06. The summed E-state index contributed by atoms with van der Waals surface area (Å²) < 4.78 is 11.7. The maximum Gasteiger partial charge on any atom is 0.102 e. The van der Waals surface area contributed by atoms with Gasteiger partial charge in [-0.15, -0.1) is 0 Å². The van der Waals surface area contributed by atoms with Crippen LogP contribution in [0.4, 0.5) is 4.39 Å². The van der Waals surface area contributed by atoms with Gasteiger partial charge in [-0.1, -0.05) is 0 Å². The normalized spacial score (nSPS) is 11.5. The van der Waals surface area contributed by atoms with Gasteiger partial charge in [0.25, 0.3) is 0 Å². The van der Waals surface area contributed by atoms with E-state index in [0.29, 0.717) is 12.6 Å². The molecule has 0 saturated heterocycles. The van der Waals surface area contributed by atoms with Gasteiger partial charge in [0.1, 0.15) is 6.67 Å². The molecular weight excluding hydrogens is 167 g/mol. The van der Waals surface area contributed by atoms with E-state index < -0.39 is 0 Å². The van der Waals surface area contributed by atoms with Crippen LogP contribution in [0.15, 0.2) is 0 Å². The molecule has 0 aliphatic rings. The highest BCUT2D eigenvalue weighted by Gasteiger charge is 2.01. The molecule has 0 aromatic carbocycles. The van der Waals surface area contributed by atoms with E-state index in [2.05, 4.69) is 31.1 Å². The summed E-state index contributed by atoms with van der Waals surface area (Å²) in [6, 6.07) is 0.624. The molecule has 2 nitrogen and oxygen atoms in total. The number of hydrogen-bond donors (Lipinski definition) is 1. The van der Waals surface area contributed by atoms with Crippen molar-refractivity contribution in [3.05, 3.63) is 0 Å². The van der Waals surface area contributed by atoms with Crippen LogP contribution in [0.5, 0.6) is 0 Å². The quantitative estimate of drug-likeness (QED) is 0.586. The van der Waals surface area contributed by atoms with E-state index in [-0.39, 0.29) is 6.67 Å². The van der Waals surface area contributed by atoms with Gasteiger partial charge in [-0.25, -0.2) is 4.39 Å². The van der Waals surface area contributed by atoms with Crippen molar-refractivity contribution in [2.45, 2.75) is 32.7 Å². The van der Waals surface area contributed by atoms with Gasteiger partial charge in [-0.2, -0.15) is 0 Å². The molecule has 0 aliphatic carbocycles. The molecule has 0 aromatic heterocycles. The van der Waals surface area contributed by atoms with Crippen molar-refractivity contribution in [2.75, 3.05) is 33.4 Å². The molecule has 0 aromatic rings. The molecule has 80 valence electrons. The first-order valence-corrected chi connectivity index (χ1v) is 5.15. The summed E-state index contributed by atoms with van der Waals surface area (Å²) >= 11 is 0. The highest BCUT2D eigenvalue weighted by atomic mass is 19.1. The van der Waals surface area contributed by atoms with E-state index in [0.717, 1.165) is 19.5 Å². The Hall–Kier alpha value is -0.150. The van der Waals surface area contributed by atoms with Gasteiger partial charge in [0.2, 0.25) is 0 Å². The Morgan fingerprint density at radius 2 is 1.92 bits per heavy atom. The molecule has 13 heavy (non-hydrogen) atoms. The lowest BCUT2D eigenvalue weighted by molar-refractivity contribution is 0.268. The molecule has 1 N–H and O–H groups in total. The van der Waals surface area contributed by atoms with Gasteiger partial charge in [0, 0.05) is 12.6 Å². The first kappa shape index (κ1) is 12.8. The molecule has 0 heterocycles. The number of nitrogens with zero attached hydrogens (tertiary/aromatic N) is 1. The summed E-state index contributed by atoms with van der Waals surface area (Å²) in [6.45, 7) is 6.71. The van der Waals surface area contributed by atoms with Crippen LogP contribution in [0.2, 0.25) is 0 Å². The fraction of sp³-hybridized carbons (Fsp3) is 1.00. The van der Waals surface area contributed by atoms with Gasteiger partial charge in [0.05, 0.1) is 0 Å². The molecule has 0 bridgehead atoms. The average Bonchev–Trinajstić information content (AvgIpc) is 2.10. The summed E-state index contributed by atoms with van der Waals surface area (Å²) in [5.41, 5.74) is 0. The van der Waals surface area contributed by atoms with E-state index in [1.807, 2.05) is 0 Å². The molecule has 0 radical (unpaired) electrons. The molecule has 0 unspecified atom stereocenters. The summed E-state index contributed by atoms with van der Waals surface area (Å²) in [7, 11) is 2.14. The lowest BCUT2D eigenvalue weighted by Gasteiger charge is -2.20. The van der Waals surface area contributed by atoms with Crippen molar-refractivity contribution in [1.29, 1.82) is 0 Å². The van der Waals surface area contributed by atoms with Gasteiger partial charge < -0.3 is 10.2 Å². The van der Waals surface area contributed by atoms with Crippen molar-refractivity contribution in [1.82, 2.24) is 10.2 Å². The number of unbranched alkanes of at least 4 members (excludes halogenated alkanes) is 1. The van der Waals surface area contributed by atoms with E-state index in [1.54, 1.807) is 0 Å². The number of alkyl halides is 1. The predicted octanol–water partition coefficient (Wildman–Crippen LogP) is 1.67. The Balaban J connectivity index is 3.07. The minimum Gasteiger partial charge on any atom is -0.314 e. The first-order valence-electron chi connectivity index (χ1n) is 5.15. The summed E-state index contributed by atoms with van der Waals surface area (Å²) in [6.07, 6.45) is 2.32.